The normalized spacial score (nSPS) is 14.0. The number of amides is 1. The van der Waals surface area contributed by atoms with Gasteiger partial charge in [-0.05, 0) is 66.9 Å². The number of carbonyl (C=O) groups excluding carboxylic acids is 1. The van der Waals surface area contributed by atoms with Crippen molar-refractivity contribution in [1.29, 1.82) is 0 Å². The lowest BCUT2D eigenvalue weighted by molar-refractivity contribution is 0.0963. The van der Waals surface area contributed by atoms with Gasteiger partial charge in [-0.3, -0.25) is 23.6 Å². The second-order valence-electron chi connectivity index (χ2n) is 10.4. The lowest BCUT2D eigenvalue weighted by Crippen LogP contribution is -2.33. The summed E-state index contributed by atoms with van der Waals surface area (Å²) in [4.78, 5) is 29.2. The molecule has 44 heavy (non-hydrogen) atoms. The molecule has 0 saturated heterocycles. The fourth-order valence-corrected chi connectivity index (χ4v) is 6.66. The number of anilines is 3. The first-order valence-corrected chi connectivity index (χ1v) is 16.3. The number of fused-ring (bicyclic) bond motifs is 2. The van der Waals surface area contributed by atoms with Crippen molar-refractivity contribution in [2.45, 2.75) is 31.7 Å². The fourth-order valence-electron chi connectivity index (χ4n) is 4.57. The Hall–Kier alpha value is -4.96. The van der Waals surface area contributed by atoms with E-state index in [9.17, 15) is 31.5 Å². The Morgan fingerprint density at radius 3 is 2.43 bits per heavy atom. The molecule has 1 aliphatic heterocycles. The SMILES string of the molecule is CNC(=O)c1ccc(NS(=O)(=O)Nc2ccc3c(c2)S(=O)(=O)N=C(c2c(O)c4cccnc4n(CCC(C)C)c2=O)N3)cc1. The van der Waals surface area contributed by atoms with Crippen LogP contribution in [0.15, 0.2) is 74.9 Å². The highest BCUT2D eigenvalue weighted by atomic mass is 32.2. The van der Waals surface area contributed by atoms with Crippen molar-refractivity contribution in [3.05, 3.63) is 82.3 Å². The summed E-state index contributed by atoms with van der Waals surface area (Å²) in [5.41, 5.74) is -0.313. The van der Waals surface area contributed by atoms with Crippen molar-refractivity contribution in [2.24, 2.45) is 10.3 Å². The molecule has 14 nitrogen and oxygen atoms in total. The molecule has 0 radical (unpaired) electrons. The highest BCUT2D eigenvalue weighted by Gasteiger charge is 2.31. The zero-order valence-electron chi connectivity index (χ0n) is 23.8. The molecule has 2 aromatic heterocycles. The molecule has 3 heterocycles. The van der Waals surface area contributed by atoms with Crippen LogP contribution in [0.4, 0.5) is 17.1 Å². The number of nitrogens with one attached hydrogen (secondary N) is 4. The molecule has 0 fully saturated rings. The van der Waals surface area contributed by atoms with E-state index in [0.29, 0.717) is 12.0 Å². The maximum Gasteiger partial charge on any atom is 0.321 e. The van der Waals surface area contributed by atoms with E-state index in [0.717, 1.165) is 6.07 Å². The third-order valence-electron chi connectivity index (χ3n) is 6.76. The summed E-state index contributed by atoms with van der Waals surface area (Å²) in [6.45, 7) is 4.27. The summed E-state index contributed by atoms with van der Waals surface area (Å²) in [5, 5.41) is 16.6. The van der Waals surface area contributed by atoms with E-state index in [1.54, 1.807) is 12.1 Å². The Balaban J connectivity index is 1.46. The molecule has 0 aliphatic carbocycles. The molecule has 0 saturated carbocycles. The van der Waals surface area contributed by atoms with Crippen LogP contribution >= 0.6 is 0 Å². The zero-order valence-corrected chi connectivity index (χ0v) is 25.5. The van der Waals surface area contributed by atoms with E-state index in [1.807, 2.05) is 13.8 Å². The largest absolute Gasteiger partial charge is 0.506 e. The zero-order chi connectivity index (χ0) is 31.8. The summed E-state index contributed by atoms with van der Waals surface area (Å²) in [5.74, 6) is -0.926. The van der Waals surface area contributed by atoms with Crippen LogP contribution in [0.25, 0.3) is 11.0 Å². The molecule has 0 unspecified atom stereocenters. The maximum atomic E-state index is 13.6. The second-order valence-corrected chi connectivity index (χ2v) is 13.3. The number of rotatable bonds is 9. The first-order valence-electron chi connectivity index (χ1n) is 13.4. The van der Waals surface area contributed by atoms with Crippen molar-refractivity contribution in [2.75, 3.05) is 21.8 Å². The first-order chi connectivity index (χ1) is 20.8. The van der Waals surface area contributed by atoms with Gasteiger partial charge >= 0.3 is 10.2 Å². The highest BCUT2D eigenvalue weighted by Crippen LogP contribution is 2.34. The lowest BCUT2D eigenvalue weighted by atomic mass is 10.1. The molecule has 0 bridgehead atoms. The first kappa shape index (κ1) is 30.5. The predicted octanol–water partition coefficient (Wildman–Crippen LogP) is 2.84. The molecule has 1 aliphatic rings. The average molecular weight is 640 g/mol. The van der Waals surface area contributed by atoms with E-state index < -0.39 is 31.5 Å². The Morgan fingerprint density at radius 1 is 1.07 bits per heavy atom. The summed E-state index contributed by atoms with van der Waals surface area (Å²) < 4.78 is 61.8. The number of carbonyl (C=O) groups is 1. The van der Waals surface area contributed by atoms with E-state index >= 15 is 0 Å². The van der Waals surface area contributed by atoms with Gasteiger partial charge in [-0.25, -0.2) is 4.98 Å². The Bertz CT molecular complexity index is 2090. The number of hydrogen-bond donors (Lipinski definition) is 5. The van der Waals surface area contributed by atoms with Crippen LogP contribution in [0, 0.1) is 5.92 Å². The number of aromatic hydroxyl groups is 1. The minimum absolute atomic E-state index is 0.0227. The lowest BCUT2D eigenvalue weighted by Gasteiger charge is -2.21. The Kier molecular flexibility index (Phi) is 8.05. The molecule has 1 amide bonds. The van der Waals surface area contributed by atoms with Gasteiger partial charge in [-0.2, -0.15) is 16.8 Å². The summed E-state index contributed by atoms with van der Waals surface area (Å²) in [6, 6.07) is 12.5. The molecule has 2 aromatic carbocycles. The predicted molar refractivity (Wildman–Crippen MR) is 167 cm³/mol. The molecule has 0 atom stereocenters. The molecule has 5 N–H and O–H groups in total. The quantitative estimate of drug-likeness (QED) is 0.183. The van der Waals surface area contributed by atoms with Gasteiger partial charge in [0.25, 0.3) is 21.5 Å². The highest BCUT2D eigenvalue weighted by molar-refractivity contribution is 7.94. The monoisotopic (exact) mass is 639 g/mol. The number of aromatic nitrogens is 2. The third-order valence-corrected chi connectivity index (χ3v) is 9.09. The molecule has 5 rings (SSSR count). The molecule has 4 aromatic rings. The van der Waals surface area contributed by atoms with Crippen LogP contribution in [0.3, 0.4) is 0 Å². The van der Waals surface area contributed by atoms with Crippen LogP contribution in [-0.4, -0.2) is 50.3 Å². The van der Waals surface area contributed by atoms with Crippen LogP contribution in [0.5, 0.6) is 5.75 Å². The van der Waals surface area contributed by atoms with Crippen LogP contribution in [0.1, 0.15) is 36.2 Å². The summed E-state index contributed by atoms with van der Waals surface area (Å²) in [7, 11) is -7.22. The number of nitrogens with zero attached hydrogens (tertiary/aromatic N) is 3. The molecular weight excluding hydrogens is 610 g/mol. The minimum Gasteiger partial charge on any atom is -0.506 e. The maximum absolute atomic E-state index is 13.6. The fraction of sp³-hybridized carbons (Fsp3) is 0.214. The van der Waals surface area contributed by atoms with Crippen molar-refractivity contribution < 1.29 is 26.7 Å². The van der Waals surface area contributed by atoms with Crippen LogP contribution < -0.4 is 25.6 Å². The van der Waals surface area contributed by atoms with E-state index in [-0.39, 0.29) is 62.8 Å². The van der Waals surface area contributed by atoms with Gasteiger partial charge in [-0.1, -0.05) is 13.8 Å². The van der Waals surface area contributed by atoms with E-state index in [2.05, 4.69) is 29.5 Å². The number of aryl methyl sites for hydroxylation is 1. The van der Waals surface area contributed by atoms with Crippen LogP contribution in [0.2, 0.25) is 0 Å². The molecular formula is C28H29N7O7S2. The number of sulfonamides is 1. The van der Waals surface area contributed by atoms with Crippen molar-refractivity contribution in [3.63, 3.8) is 0 Å². The summed E-state index contributed by atoms with van der Waals surface area (Å²) in [6.07, 6.45) is 2.12. The van der Waals surface area contributed by atoms with Gasteiger partial charge in [0, 0.05) is 25.4 Å². The van der Waals surface area contributed by atoms with E-state index in [1.165, 1.54) is 54.2 Å². The molecule has 230 valence electrons. The molecule has 16 heteroatoms. The standard InChI is InChI=1S/C28H29N7O7S2/c1-16(2)12-14-35-26-20(5-4-13-30-26)24(36)23(28(35)38)25-31-21-11-10-19(15-22(21)43(39,40)34-25)33-44(41,42)32-18-8-6-17(7-9-18)27(37)29-3/h4-11,13,15-16,32-33,36H,12,14H2,1-3H3,(H,29,37)(H,31,34). The van der Waals surface area contributed by atoms with Gasteiger partial charge in [0.15, 0.2) is 5.84 Å². The van der Waals surface area contributed by atoms with Crippen LogP contribution in [-0.2, 0) is 26.8 Å². The number of pyridine rings is 2. The Morgan fingerprint density at radius 2 is 1.75 bits per heavy atom. The minimum atomic E-state index is -4.46. The van der Waals surface area contributed by atoms with Gasteiger partial charge < -0.3 is 15.7 Å². The van der Waals surface area contributed by atoms with Crippen molar-refractivity contribution >= 4 is 60.1 Å². The van der Waals surface area contributed by atoms with Crippen molar-refractivity contribution in [3.8, 4) is 5.75 Å². The van der Waals surface area contributed by atoms with Crippen molar-refractivity contribution in [1.82, 2.24) is 14.9 Å². The second kappa shape index (κ2) is 11.6. The van der Waals surface area contributed by atoms with Gasteiger partial charge in [0.1, 0.15) is 21.9 Å². The van der Waals surface area contributed by atoms with E-state index in [4.69, 9.17) is 0 Å². The number of amidine groups is 1. The Labute approximate surface area is 253 Å². The molecule has 0 spiro atoms. The third kappa shape index (κ3) is 6.07. The average Bonchev–Trinajstić information content (AvgIpc) is 2.96. The number of hydrogen-bond acceptors (Lipinski definition) is 9. The topological polar surface area (TPSA) is 201 Å². The van der Waals surface area contributed by atoms with Gasteiger partial charge in [0.2, 0.25) is 0 Å². The smallest absolute Gasteiger partial charge is 0.321 e. The summed E-state index contributed by atoms with van der Waals surface area (Å²) >= 11 is 0. The van der Waals surface area contributed by atoms with Gasteiger partial charge in [0.05, 0.1) is 22.4 Å². The van der Waals surface area contributed by atoms with Gasteiger partial charge in [-0.15, -0.1) is 4.40 Å². The number of benzene rings is 2.